The lowest BCUT2D eigenvalue weighted by molar-refractivity contribution is -0.126. The Labute approximate surface area is 105 Å². The molecule has 3 nitrogen and oxygen atoms in total. The Morgan fingerprint density at radius 2 is 2.11 bits per heavy atom. The van der Waals surface area contributed by atoms with Crippen LogP contribution in [0, 0.1) is 11.6 Å². The van der Waals surface area contributed by atoms with Gasteiger partial charge in [0, 0.05) is 5.56 Å². The zero-order valence-electron chi connectivity index (χ0n) is 10.8. The highest BCUT2D eigenvalue weighted by molar-refractivity contribution is 5.85. The number of carbonyl (C=O) groups is 1. The van der Waals surface area contributed by atoms with E-state index in [0.717, 1.165) is 18.2 Å². The second-order valence-corrected chi connectivity index (χ2v) is 4.63. The van der Waals surface area contributed by atoms with Gasteiger partial charge in [-0.05, 0) is 38.5 Å². The Hall–Kier alpha value is -1.49. The van der Waals surface area contributed by atoms with Gasteiger partial charge in [-0.1, -0.05) is 6.92 Å². The highest BCUT2D eigenvalue weighted by atomic mass is 19.1. The van der Waals surface area contributed by atoms with Gasteiger partial charge in [0.15, 0.2) is 0 Å². The number of amides is 1. The van der Waals surface area contributed by atoms with Crippen LogP contribution in [-0.4, -0.2) is 11.4 Å². The minimum Gasteiger partial charge on any atom is -0.348 e. The zero-order valence-corrected chi connectivity index (χ0v) is 10.8. The number of hydrogen-bond donors (Lipinski definition) is 2. The van der Waals surface area contributed by atoms with Crippen LogP contribution in [0.5, 0.6) is 0 Å². The van der Waals surface area contributed by atoms with E-state index in [4.69, 9.17) is 5.73 Å². The van der Waals surface area contributed by atoms with Crippen LogP contribution in [0.15, 0.2) is 18.2 Å². The third kappa shape index (κ3) is 3.26. The number of rotatable bonds is 4. The number of hydrogen-bond acceptors (Lipinski definition) is 2. The average molecular weight is 256 g/mol. The molecular formula is C13H18F2N2O. The number of benzene rings is 1. The van der Waals surface area contributed by atoms with E-state index in [9.17, 15) is 13.6 Å². The van der Waals surface area contributed by atoms with Gasteiger partial charge in [-0.3, -0.25) is 4.79 Å². The Bertz CT molecular complexity index is 447. The van der Waals surface area contributed by atoms with E-state index in [1.807, 2.05) is 0 Å². The molecule has 1 rings (SSSR count). The summed E-state index contributed by atoms with van der Waals surface area (Å²) in [6.07, 6.45) is 0.456. The summed E-state index contributed by atoms with van der Waals surface area (Å²) in [7, 11) is 0. The molecule has 100 valence electrons. The van der Waals surface area contributed by atoms with Gasteiger partial charge in [0.1, 0.15) is 11.6 Å². The van der Waals surface area contributed by atoms with Crippen molar-refractivity contribution in [3.05, 3.63) is 35.4 Å². The van der Waals surface area contributed by atoms with Crippen LogP contribution in [0.1, 0.15) is 38.8 Å². The third-order valence-electron chi connectivity index (χ3n) is 3.03. The molecule has 0 radical (unpaired) electrons. The summed E-state index contributed by atoms with van der Waals surface area (Å²) in [6, 6.07) is 2.50. The Morgan fingerprint density at radius 3 is 2.67 bits per heavy atom. The molecule has 0 saturated carbocycles. The standard InChI is InChI=1S/C13H18F2N2O/c1-4-13(3,16)12(18)17-8(2)10-7-9(14)5-6-11(10)15/h5-8H,4,16H2,1-3H3,(H,17,18). The van der Waals surface area contributed by atoms with Crippen molar-refractivity contribution in [1.29, 1.82) is 0 Å². The molecule has 0 aliphatic carbocycles. The van der Waals surface area contributed by atoms with E-state index in [0.29, 0.717) is 6.42 Å². The predicted molar refractivity (Wildman–Crippen MR) is 65.8 cm³/mol. The first-order valence-corrected chi connectivity index (χ1v) is 5.82. The van der Waals surface area contributed by atoms with Gasteiger partial charge in [-0.25, -0.2) is 8.78 Å². The molecule has 1 aromatic carbocycles. The highest BCUT2D eigenvalue weighted by Crippen LogP contribution is 2.19. The van der Waals surface area contributed by atoms with Crippen molar-refractivity contribution in [2.24, 2.45) is 5.73 Å². The normalized spacial score (nSPS) is 15.9. The van der Waals surface area contributed by atoms with Crippen LogP contribution in [0.2, 0.25) is 0 Å². The minimum absolute atomic E-state index is 0.107. The largest absolute Gasteiger partial charge is 0.348 e. The number of carbonyl (C=O) groups excluding carboxylic acids is 1. The molecule has 0 aromatic heterocycles. The molecule has 0 spiro atoms. The lowest BCUT2D eigenvalue weighted by Gasteiger charge is -2.24. The predicted octanol–water partition coefficient (Wildman–Crippen LogP) is 2.27. The summed E-state index contributed by atoms with van der Waals surface area (Å²) < 4.78 is 26.5. The van der Waals surface area contributed by atoms with Gasteiger partial charge in [0.25, 0.3) is 0 Å². The molecule has 0 aliphatic heterocycles. The van der Waals surface area contributed by atoms with E-state index in [1.165, 1.54) is 0 Å². The van der Waals surface area contributed by atoms with Gasteiger partial charge < -0.3 is 11.1 Å². The topological polar surface area (TPSA) is 55.1 Å². The van der Waals surface area contributed by atoms with Crippen LogP contribution < -0.4 is 11.1 Å². The summed E-state index contributed by atoms with van der Waals surface area (Å²) in [5, 5.41) is 2.58. The first-order valence-electron chi connectivity index (χ1n) is 5.82. The summed E-state index contributed by atoms with van der Waals surface area (Å²) in [5.41, 5.74) is 4.86. The van der Waals surface area contributed by atoms with Crippen molar-refractivity contribution < 1.29 is 13.6 Å². The maximum absolute atomic E-state index is 13.5. The van der Waals surface area contributed by atoms with Crippen LogP contribution >= 0.6 is 0 Å². The zero-order chi connectivity index (χ0) is 13.9. The van der Waals surface area contributed by atoms with Gasteiger partial charge in [-0.15, -0.1) is 0 Å². The molecule has 0 bridgehead atoms. The fraction of sp³-hybridized carbons (Fsp3) is 0.462. The third-order valence-corrected chi connectivity index (χ3v) is 3.03. The molecule has 0 saturated heterocycles. The fourth-order valence-corrected chi connectivity index (χ4v) is 1.45. The van der Waals surface area contributed by atoms with E-state index < -0.39 is 23.2 Å². The molecule has 0 aliphatic rings. The summed E-state index contributed by atoms with van der Waals surface area (Å²) in [4.78, 5) is 11.8. The first-order chi connectivity index (χ1) is 8.27. The monoisotopic (exact) mass is 256 g/mol. The molecule has 3 N–H and O–H groups in total. The molecule has 1 aromatic rings. The van der Waals surface area contributed by atoms with Crippen LogP contribution in [0.3, 0.4) is 0 Å². The molecule has 0 heterocycles. The van der Waals surface area contributed by atoms with Crippen LogP contribution in [0.25, 0.3) is 0 Å². The van der Waals surface area contributed by atoms with E-state index >= 15 is 0 Å². The fourth-order valence-electron chi connectivity index (χ4n) is 1.45. The minimum atomic E-state index is -1.02. The highest BCUT2D eigenvalue weighted by Gasteiger charge is 2.27. The van der Waals surface area contributed by atoms with Gasteiger partial charge in [0.05, 0.1) is 11.6 Å². The lowest BCUT2D eigenvalue weighted by atomic mass is 9.98. The Balaban J connectivity index is 2.86. The van der Waals surface area contributed by atoms with Crippen molar-refractivity contribution in [3.8, 4) is 0 Å². The lowest BCUT2D eigenvalue weighted by Crippen LogP contribution is -2.51. The summed E-state index contributed by atoms with van der Waals surface area (Å²) in [6.45, 7) is 4.96. The molecule has 1 amide bonds. The van der Waals surface area contributed by atoms with Gasteiger partial charge in [0.2, 0.25) is 5.91 Å². The molecular weight excluding hydrogens is 238 g/mol. The van der Waals surface area contributed by atoms with Crippen LogP contribution in [-0.2, 0) is 4.79 Å². The number of halogens is 2. The van der Waals surface area contributed by atoms with Gasteiger partial charge >= 0.3 is 0 Å². The average Bonchev–Trinajstić information content (AvgIpc) is 2.31. The van der Waals surface area contributed by atoms with Crippen molar-refractivity contribution in [3.63, 3.8) is 0 Å². The Morgan fingerprint density at radius 1 is 1.50 bits per heavy atom. The number of nitrogens with two attached hydrogens (primary N) is 1. The second kappa shape index (κ2) is 5.44. The number of nitrogens with one attached hydrogen (secondary N) is 1. The van der Waals surface area contributed by atoms with Crippen molar-refractivity contribution >= 4 is 5.91 Å². The molecule has 2 atom stereocenters. The maximum atomic E-state index is 13.5. The van der Waals surface area contributed by atoms with Crippen molar-refractivity contribution in [2.45, 2.75) is 38.8 Å². The molecule has 2 unspecified atom stereocenters. The van der Waals surface area contributed by atoms with Crippen molar-refractivity contribution in [1.82, 2.24) is 5.32 Å². The van der Waals surface area contributed by atoms with Gasteiger partial charge in [-0.2, -0.15) is 0 Å². The van der Waals surface area contributed by atoms with Crippen LogP contribution in [0.4, 0.5) is 8.78 Å². The summed E-state index contributed by atoms with van der Waals surface area (Å²) in [5.74, 6) is -1.49. The quantitative estimate of drug-likeness (QED) is 0.868. The van der Waals surface area contributed by atoms with E-state index in [2.05, 4.69) is 5.32 Å². The first kappa shape index (κ1) is 14.6. The molecule has 18 heavy (non-hydrogen) atoms. The van der Waals surface area contributed by atoms with Crippen molar-refractivity contribution in [2.75, 3.05) is 0 Å². The summed E-state index contributed by atoms with van der Waals surface area (Å²) >= 11 is 0. The SMILES string of the molecule is CCC(C)(N)C(=O)NC(C)c1cc(F)ccc1F. The second-order valence-electron chi connectivity index (χ2n) is 4.63. The smallest absolute Gasteiger partial charge is 0.240 e. The Kier molecular flexibility index (Phi) is 4.40. The van der Waals surface area contributed by atoms with E-state index in [-0.39, 0.29) is 11.5 Å². The molecule has 0 fully saturated rings. The van der Waals surface area contributed by atoms with E-state index in [1.54, 1.807) is 20.8 Å². The maximum Gasteiger partial charge on any atom is 0.240 e. The molecule has 5 heteroatoms.